The molecule has 2 aliphatic carbocycles. The van der Waals surface area contributed by atoms with Gasteiger partial charge < -0.3 is 4.74 Å². The highest BCUT2D eigenvalue weighted by Gasteiger charge is 2.43. The molecule has 0 radical (unpaired) electrons. The summed E-state index contributed by atoms with van der Waals surface area (Å²) in [6, 6.07) is 0.408. The summed E-state index contributed by atoms with van der Waals surface area (Å²) in [6.45, 7) is 0.733. The van der Waals surface area contributed by atoms with Crippen LogP contribution in [0.15, 0.2) is 0 Å². The molecule has 7 heteroatoms. The highest BCUT2D eigenvalue weighted by molar-refractivity contribution is 5.77. The molecule has 0 aromatic heterocycles. The van der Waals surface area contributed by atoms with Crippen molar-refractivity contribution in [2.45, 2.75) is 101 Å². The van der Waals surface area contributed by atoms with Crippen molar-refractivity contribution in [3.05, 3.63) is 0 Å². The van der Waals surface area contributed by atoms with Crippen LogP contribution < -0.4 is 21.6 Å². The SMILES string of the molecule is O=C1CC(OC2CCCCC2)C(C2NCNN2)NN1C1CCCCC1. The maximum atomic E-state index is 12.8. The second kappa shape index (κ2) is 8.31. The van der Waals surface area contributed by atoms with Crippen LogP contribution in [0.1, 0.15) is 70.6 Å². The Bertz CT molecular complexity index is 445. The second-order valence-corrected chi connectivity index (χ2v) is 8.03. The zero-order valence-electron chi connectivity index (χ0n) is 15.1. The van der Waals surface area contributed by atoms with Gasteiger partial charge in [0, 0.05) is 6.04 Å². The topological polar surface area (TPSA) is 77.7 Å². The average Bonchev–Trinajstić information content (AvgIpc) is 3.18. The molecule has 3 atom stereocenters. The van der Waals surface area contributed by atoms with Gasteiger partial charge in [0.05, 0.1) is 37.5 Å². The molecule has 4 aliphatic rings. The van der Waals surface area contributed by atoms with Gasteiger partial charge in [-0.1, -0.05) is 38.5 Å². The Balaban J connectivity index is 1.44. The van der Waals surface area contributed by atoms with Crippen LogP contribution in [0.5, 0.6) is 0 Å². The van der Waals surface area contributed by atoms with Crippen LogP contribution in [0, 0.1) is 0 Å². The lowest BCUT2D eigenvalue weighted by molar-refractivity contribution is -0.159. The first-order chi connectivity index (χ1) is 12.3. The highest BCUT2D eigenvalue weighted by atomic mass is 16.5. The minimum Gasteiger partial charge on any atom is -0.373 e. The number of rotatable bonds is 4. The number of hydrogen-bond acceptors (Lipinski definition) is 6. The average molecular weight is 351 g/mol. The van der Waals surface area contributed by atoms with E-state index in [1.54, 1.807) is 0 Å². The zero-order valence-corrected chi connectivity index (χ0v) is 15.1. The lowest BCUT2D eigenvalue weighted by Crippen LogP contribution is -2.69. The van der Waals surface area contributed by atoms with Crippen molar-refractivity contribution in [2.24, 2.45) is 0 Å². The van der Waals surface area contributed by atoms with Crippen LogP contribution in [-0.2, 0) is 9.53 Å². The van der Waals surface area contributed by atoms with Gasteiger partial charge in [-0.15, -0.1) is 0 Å². The molecule has 2 aliphatic heterocycles. The molecular weight excluding hydrogens is 318 g/mol. The highest BCUT2D eigenvalue weighted by Crippen LogP contribution is 2.29. The van der Waals surface area contributed by atoms with Gasteiger partial charge in [0.1, 0.15) is 0 Å². The fraction of sp³-hybridized carbons (Fsp3) is 0.944. The number of nitrogens with one attached hydrogen (secondary N) is 4. The van der Waals surface area contributed by atoms with Crippen molar-refractivity contribution in [1.29, 1.82) is 0 Å². The van der Waals surface area contributed by atoms with Gasteiger partial charge in [-0.3, -0.25) is 15.1 Å². The van der Waals surface area contributed by atoms with Crippen LogP contribution in [0.3, 0.4) is 0 Å². The predicted octanol–water partition coefficient (Wildman–Crippen LogP) is 1.12. The summed E-state index contributed by atoms with van der Waals surface area (Å²) in [7, 11) is 0. The Labute approximate surface area is 150 Å². The summed E-state index contributed by atoms with van der Waals surface area (Å²) in [6.07, 6.45) is 12.9. The molecule has 4 rings (SSSR count). The third kappa shape index (κ3) is 4.17. The molecule has 7 nitrogen and oxygen atoms in total. The lowest BCUT2D eigenvalue weighted by atomic mass is 9.93. The van der Waals surface area contributed by atoms with Gasteiger partial charge in [-0.25, -0.2) is 16.3 Å². The van der Waals surface area contributed by atoms with E-state index in [9.17, 15) is 4.79 Å². The van der Waals surface area contributed by atoms with Gasteiger partial charge in [0.25, 0.3) is 0 Å². The summed E-state index contributed by atoms with van der Waals surface area (Å²) < 4.78 is 6.45. The van der Waals surface area contributed by atoms with Gasteiger partial charge >= 0.3 is 0 Å². The summed E-state index contributed by atoms with van der Waals surface area (Å²) in [5, 5.41) is 5.37. The molecule has 4 N–H and O–H groups in total. The van der Waals surface area contributed by atoms with E-state index >= 15 is 0 Å². The number of hydrogen-bond donors (Lipinski definition) is 4. The molecular formula is C18H33N5O2. The normalized spacial score (nSPS) is 36.1. The molecule has 2 saturated heterocycles. The van der Waals surface area contributed by atoms with Crippen LogP contribution >= 0.6 is 0 Å². The van der Waals surface area contributed by atoms with Crippen LogP contribution in [0.4, 0.5) is 0 Å². The van der Waals surface area contributed by atoms with Crippen molar-refractivity contribution in [3.8, 4) is 0 Å². The molecule has 0 spiro atoms. The minimum absolute atomic E-state index is 0.0663. The van der Waals surface area contributed by atoms with E-state index in [1.165, 1.54) is 38.5 Å². The van der Waals surface area contributed by atoms with Crippen molar-refractivity contribution >= 4 is 5.91 Å². The number of nitrogens with zero attached hydrogens (tertiary/aromatic N) is 1. The second-order valence-electron chi connectivity index (χ2n) is 8.03. The van der Waals surface area contributed by atoms with Gasteiger partial charge in [0.2, 0.25) is 5.91 Å². The molecule has 4 fully saturated rings. The molecule has 2 saturated carbocycles. The molecule has 142 valence electrons. The third-order valence-electron chi connectivity index (χ3n) is 6.22. The fourth-order valence-electron chi connectivity index (χ4n) is 4.82. The number of carbonyl (C=O) groups excluding carboxylic acids is 1. The summed E-state index contributed by atoms with van der Waals surface area (Å²) in [4.78, 5) is 12.8. The Kier molecular flexibility index (Phi) is 5.87. The van der Waals surface area contributed by atoms with E-state index in [4.69, 9.17) is 4.74 Å². The van der Waals surface area contributed by atoms with E-state index in [0.29, 0.717) is 18.6 Å². The number of amides is 1. The maximum Gasteiger partial charge on any atom is 0.239 e. The van der Waals surface area contributed by atoms with Crippen LogP contribution in [0.25, 0.3) is 0 Å². The zero-order chi connectivity index (χ0) is 17.1. The van der Waals surface area contributed by atoms with E-state index in [2.05, 4.69) is 21.6 Å². The quantitative estimate of drug-likeness (QED) is 0.608. The van der Waals surface area contributed by atoms with Gasteiger partial charge in [0.15, 0.2) is 0 Å². The number of ether oxygens (including phenoxy) is 1. The van der Waals surface area contributed by atoms with Gasteiger partial charge in [-0.2, -0.15) is 0 Å². The molecule has 0 aromatic carbocycles. The molecule has 3 unspecified atom stereocenters. The Morgan fingerprint density at radius 2 is 1.68 bits per heavy atom. The third-order valence-corrected chi connectivity index (χ3v) is 6.22. The molecule has 0 aromatic rings. The molecule has 1 amide bonds. The lowest BCUT2D eigenvalue weighted by Gasteiger charge is -2.46. The Hall–Kier alpha value is -0.730. The summed E-state index contributed by atoms with van der Waals surface area (Å²) in [5.74, 6) is 0.204. The Morgan fingerprint density at radius 3 is 2.36 bits per heavy atom. The first-order valence-electron chi connectivity index (χ1n) is 10.3. The first kappa shape index (κ1) is 17.7. The monoisotopic (exact) mass is 351 g/mol. The minimum atomic E-state index is -0.0691. The van der Waals surface area contributed by atoms with Crippen LogP contribution in [-0.4, -0.2) is 48.0 Å². The smallest absolute Gasteiger partial charge is 0.239 e. The standard InChI is InChI=1S/C18H33N5O2/c24-16-11-15(25-14-9-5-2-6-10-14)17(18-19-12-20-21-18)22-23(16)13-7-3-1-4-8-13/h13-15,17-22H,1-12H2. The van der Waals surface area contributed by atoms with Crippen molar-refractivity contribution in [2.75, 3.05) is 6.67 Å². The summed E-state index contributed by atoms with van der Waals surface area (Å²) in [5.41, 5.74) is 9.98. The van der Waals surface area contributed by atoms with Crippen molar-refractivity contribution in [1.82, 2.24) is 26.6 Å². The van der Waals surface area contributed by atoms with Crippen molar-refractivity contribution < 1.29 is 9.53 Å². The van der Waals surface area contributed by atoms with Crippen molar-refractivity contribution in [3.63, 3.8) is 0 Å². The predicted molar refractivity (Wildman–Crippen MR) is 95.1 cm³/mol. The van der Waals surface area contributed by atoms with Gasteiger partial charge in [-0.05, 0) is 25.7 Å². The van der Waals surface area contributed by atoms with E-state index < -0.39 is 0 Å². The first-order valence-corrected chi connectivity index (χ1v) is 10.3. The molecule has 25 heavy (non-hydrogen) atoms. The van der Waals surface area contributed by atoms with E-state index in [-0.39, 0.29) is 24.2 Å². The summed E-state index contributed by atoms with van der Waals surface area (Å²) >= 11 is 0. The largest absolute Gasteiger partial charge is 0.373 e. The number of hydrazine groups is 2. The molecule has 0 bridgehead atoms. The Morgan fingerprint density at radius 1 is 0.960 bits per heavy atom. The van der Waals surface area contributed by atoms with E-state index in [0.717, 1.165) is 32.4 Å². The van der Waals surface area contributed by atoms with Crippen LogP contribution in [0.2, 0.25) is 0 Å². The van der Waals surface area contributed by atoms with E-state index in [1.807, 2.05) is 5.01 Å². The maximum absolute atomic E-state index is 12.8. The fourth-order valence-corrected chi connectivity index (χ4v) is 4.82. The molecule has 2 heterocycles. The number of carbonyl (C=O) groups is 1.